The van der Waals surface area contributed by atoms with Gasteiger partial charge in [0, 0.05) is 17.6 Å². The maximum atomic E-state index is 11.5. The third-order valence-corrected chi connectivity index (χ3v) is 14.1. The van der Waals surface area contributed by atoms with E-state index < -0.39 is 52.4 Å². The molecule has 5 rings (SSSR count). The molecule has 0 radical (unpaired) electrons. The Balaban J connectivity index is 0.000000224. The predicted molar refractivity (Wildman–Crippen MR) is 221 cm³/mol. The van der Waals surface area contributed by atoms with Gasteiger partial charge in [0.25, 0.3) is 0 Å². The zero-order valence-electron chi connectivity index (χ0n) is 34.5. The number of hydrogen-bond acceptors (Lipinski definition) is 10. The second kappa shape index (κ2) is 17.3. The second-order valence-corrected chi connectivity index (χ2v) is 21.8. The number of halogens is 1. The number of nitrogens with one attached hydrogen (secondary N) is 2. The van der Waals surface area contributed by atoms with Crippen LogP contribution in [0.15, 0.2) is 53.0 Å². The van der Waals surface area contributed by atoms with E-state index in [9.17, 15) is 16.8 Å². The highest BCUT2D eigenvalue weighted by Crippen LogP contribution is 2.43. The molecule has 0 spiro atoms. The average Bonchev–Trinajstić information content (AvgIpc) is 3.53. The minimum atomic E-state index is -3.20. The fourth-order valence-electron chi connectivity index (χ4n) is 5.07. The second-order valence-electron chi connectivity index (χ2n) is 16.7. The van der Waals surface area contributed by atoms with Crippen molar-refractivity contribution >= 4 is 62.6 Å². The molecule has 0 saturated carbocycles. The van der Waals surface area contributed by atoms with Crippen LogP contribution in [0.3, 0.4) is 0 Å². The number of sulfonamides is 2. The molecule has 18 heteroatoms. The van der Waals surface area contributed by atoms with E-state index in [1.165, 1.54) is 0 Å². The van der Waals surface area contributed by atoms with E-state index in [0.29, 0.717) is 6.54 Å². The molecule has 3 aliphatic heterocycles. The van der Waals surface area contributed by atoms with Gasteiger partial charge in [-0.1, -0.05) is 52.3 Å². The maximum absolute atomic E-state index is 11.5. The quantitative estimate of drug-likeness (QED) is 0.291. The molecule has 0 atom stereocenters. The van der Waals surface area contributed by atoms with Gasteiger partial charge in [0.2, 0.25) is 20.0 Å². The molecule has 0 aromatic heterocycles. The van der Waals surface area contributed by atoms with Crippen LogP contribution >= 0.6 is 15.9 Å². The normalized spacial score (nSPS) is 21.9. The molecule has 3 saturated heterocycles. The fourth-order valence-corrected chi connectivity index (χ4v) is 6.69. The fraction of sp³-hybridized carbons (Fsp3) is 0.667. The Kier molecular flexibility index (Phi) is 15.1. The zero-order chi connectivity index (χ0) is 41.2. The van der Waals surface area contributed by atoms with Crippen LogP contribution in [0, 0.1) is 0 Å². The van der Waals surface area contributed by atoms with Crippen molar-refractivity contribution in [3.8, 4) is 0 Å². The van der Waals surface area contributed by atoms with Crippen LogP contribution in [0.1, 0.15) is 108 Å². The highest BCUT2D eigenvalue weighted by molar-refractivity contribution is 9.10. The van der Waals surface area contributed by atoms with E-state index >= 15 is 0 Å². The predicted octanol–water partition coefficient (Wildman–Crippen LogP) is 5.56. The number of rotatable bonds is 10. The molecule has 3 aliphatic rings. The highest BCUT2D eigenvalue weighted by atomic mass is 79.9. The minimum absolute atomic E-state index is 0.0733. The van der Waals surface area contributed by atoms with E-state index in [-0.39, 0.29) is 40.5 Å². The molecule has 302 valence electrons. The van der Waals surface area contributed by atoms with Crippen LogP contribution < -0.4 is 14.9 Å². The Morgan fingerprint density at radius 3 is 1.22 bits per heavy atom. The number of benzene rings is 2. The standard InChI is InChI=1S/C15H24BNO4S.C12H24B2O4.C9H12BrNO2S/c1-6-22(18,19)17-11-12-8-7-9-13(10-12)16-20-14(2,3)15(4,5)21-16;1-9(2)10(3,4)16-13(15-9)14-17-11(5,6)12(7,8)18-14;1-2-14(12,13)11-7-8-4-3-5-9(10)6-8/h7-10,17H,6,11H2,1-5H3;1-8H3;3-6,11H,2,7H2,1H3. The maximum Gasteiger partial charge on any atom is 0.494 e. The molecule has 0 aliphatic carbocycles. The zero-order valence-corrected chi connectivity index (χ0v) is 37.7. The van der Waals surface area contributed by atoms with E-state index in [4.69, 9.17) is 27.9 Å². The Morgan fingerprint density at radius 1 is 0.537 bits per heavy atom. The van der Waals surface area contributed by atoms with E-state index in [1.54, 1.807) is 13.8 Å². The van der Waals surface area contributed by atoms with Crippen LogP contribution in [0.25, 0.3) is 0 Å². The third-order valence-electron chi connectivity index (χ3n) is 10.9. The van der Waals surface area contributed by atoms with Crippen molar-refractivity contribution in [3.63, 3.8) is 0 Å². The molecule has 2 N–H and O–H groups in total. The summed E-state index contributed by atoms with van der Waals surface area (Å²) < 4.78 is 87.2. The van der Waals surface area contributed by atoms with Gasteiger partial charge < -0.3 is 27.9 Å². The van der Waals surface area contributed by atoms with Gasteiger partial charge in [-0.2, -0.15) is 0 Å². The lowest BCUT2D eigenvalue weighted by Gasteiger charge is -2.32. The number of hydrogen-bond donors (Lipinski definition) is 2. The summed E-state index contributed by atoms with van der Waals surface area (Å²) in [5.74, 6) is 0.185. The smallest absolute Gasteiger partial charge is 0.405 e. The molecule has 2 aromatic carbocycles. The first-order chi connectivity index (χ1) is 24.5. The van der Waals surface area contributed by atoms with Gasteiger partial charge in [0.15, 0.2) is 0 Å². The van der Waals surface area contributed by atoms with Gasteiger partial charge in [0.1, 0.15) is 0 Å². The topological polar surface area (TPSA) is 148 Å². The lowest BCUT2D eigenvalue weighted by molar-refractivity contribution is 0.00578. The van der Waals surface area contributed by atoms with Crippen LogP contribution in [-0.2, 0) is 61.1 Å². The first-order valence-electron chi connectivity index (χ1n) is 18.3. The van der Waals surface area contributed by atoms with Gasteiger partial charge in [-0.25, -0.2) is 26.3 Å². The Labute approximate surface area is 334 Å². The monoisotopic (exact) mass is 856 g/mol. The van der Waals surface area contributed by atoms with Crippen LogP contribution in [0.5, 0.6) is 0 Å². The van der Waals surface area contributed by atoms with Crippen LogP contribution in [0.2, 0.25) is 0 Å². The van der Waals surface area contributed by atoms with Crippen molar-refractivity contribution in [2.45, 2.75) is 144 Å². The van der Waals surface area contributed by atoms with E-state index in [1.807, 2.05) is 132 Å². The lowest BCUT2D eigenvalue weighted by atomic mass is 9.49. The Morgan fingerprint density at radius 2 is 0.870 bits per heavy atom. The van der Waals surface area contributed by atoms with Crippen molar-refractivity contribution < 1.29 is 44.8 Å². The Bertz CT molecular complexity index is 1730. The molecular weight excluding hydrogens is 797 g/mol. The van der Waals surface area contributed by atoms with Gasteiger partial charge >= 0.3 is 21.1 Å². The summed E-state index contributed by atoms with van der Waals surface area (Å²) in [6.07, 6.45) is 0. The summed E-state index contributed by atoms with van der Waals surface area (Å²) in [6.45, 7) is 28.1. The summed E-state index contributed by atoms with van der Waals surface area (Å²) >= 11 is 3.32. The van der Waals surface area contributed by atoms with Gasteiger partial charge in [0.05, 0.1) is 45.1 Å². The first-order valence-corrected chi connectivity index (χ1v) is 22.4. The summed E-state index contributed by atoms with van der Waals surface area (Å²) in [6, 6.07) is 15.2. The molecule has 3 heterocycles. The SMILES string of the molecule is CC1(C)OB(B2OC(C)(C)C(C)(C)O2)OC1(C)C.CCS(=O)(=O)NCc1cccc(B2OC(C)(C)C(C)(C)O2)c1.CCS(=O)(=O)NCc1cccc(Br)c1. The summed E-state index contributed by atoms with van der Waals surface area (Å²) in [5.41, 5.74) is 0.493. The van der Waals surface area contributed by atoms with Crippen LogP contribution in [-0.4, -0.2) is 83.1 Å². The van der Waals surface area contributed by atoms with E-state index in [2.05, 4.69) is 25.4 Å². The summed E-state index contributed by atoms with van der Waals surface area (Å²) in [5, 5.41) is 0. The molecule has 3 fully saturated rings. The highest BCUT2D eigenvalue weighted by Gasteiger charge is 2.63. The van der Waals surface area contributed by atoms with Crippen molar-refractivity contribution in [2.75, 3.05) is 11.5 Å². The third kappa shape index (κ3) is 12.1. The molecule has 12 nitrogen and oxygen atoms in total. The van der Waals surface area contributed by atoms with Crippen LogP contribution in [0.4, 0.5) is 0 Å². The summed E-state index contributed by atoms with van der Waals surface area (Å²) in [4.78, 5) is 0. The molecule has 54 heavy (non-hydrogen) atoms. The van der Waals surface area contributed by atoms with Crippen molar-refractivity contribution in [1.82, 2.24) is 9.44 Å². The van der Waals surface area contributed by atoms with Crippen molar-refractivity contribution in [3.05, 3.63) is 64.1 Å². The lowest BCUT2D eigenvalue weighted by Crippen LogP contribution is -2.41. The molecule has 0 bridgehead atoms. The molecule has 0 unspecified atom stereocenters. The van der Waals surface area contributed by atoms with E-state index in [0.717, 1.165) is 21.1 Å². The van der Waals surface area contributed by atoms with Gasteiger partial charge in [-0.3, -0.25) is 0 Å². The molecular formula is C36H60B3BrN2O10S2. The van der Waals surface area contributed by atoms with Gasteiger partial charge in [-0.15, -0.1) is 0 Å². The first kappa shape index (κ1) is 47.1. The molecule has 2 aromatic rings. The average molecular weight is 857 g/mol. The summed E-state index contributed by atoms with van der Waals surface area (Å²) in [7, 11) is -7.68. The van der Waals surface area contributed by atoms with Crippen molar-refractivity contribution in [2.24, 2.45) is 0 Å². The molecule has 0 amide bonds. The Hall–Kier alpha value is -1.31. The van der Waals surface area contributed by atoms with Gasteiger partial charge in [-0.05, 0) is 126 Å². The van der Waals surface area contributed by atoms with Crippen molar-refractivity contribution in [1.29, 1.82) is 0 Å². The largest absolute Gasteiger partial charge is 0.494 e. The minimum Gasteiger partial charge on any atom is -0.405 e.